The average molecular weight is 306 g/mol. The van der Waals surface area contributed by atoms with Crippen LogP contribution < -0.4 is 0 Å². The minimum absolute atomic E-state index is 0.0197. The molecule has 0 radical (unpaired) electrons. The molecular formula is C14H18N4O2S. The zero-order valence-electron chi connectivity index (χ0n) is 12.1. The first-order chi connectivity index (χ1) is 10.0. The molecule has 2 heterocycles. The molecule has 1 N–H and O–H groups in total. The molecule has 7 heteroatoms. The minimum Gasteiger partial charge on any atom is -0.508 e. The topological polar surface area (TPSA) is 73.1 Å². The molecule has 112 valence electrons. The fraction of sp³-hybridized carbons (Fsp3) is 0.500. The summed E-state index contributed by atoms with van der Waals surface area (Å²) in [5.74, 6) is 1.06. The molecule has 0 saturated carbocycles. The summed E-state index contributed by atoms with van der Waals surface area (Å²) in [7, 11) is 0. The van der Waals surface area contributed by atoms with Crippen LogP contribution in [-0.4, -0.2) is 42.8 Å². The Morgan fingerprint density at radius 2 is 2.14 bits per heavy atom. The Balaban J connectivity index is 1.67. The maximum Gasteiger partial charge on any atom is 0.214 e. The normalized spacial score (nSPS) is 20.8. The maximum absolute atomic E-state index is 9.34. The number of ether oxygens (including phenoxy) is 1. The predicted molar refractivity (Wildman–Crippen MR) is 79.7 cm³/mol. The monoisotopic (exact) mass is 306 g/mol. The van der Waals surface area contributed by atoms with Crippen molar-refractivity contribution < 1.29 is 9.84 Å². The highest BCUT2D eigenvalue weighted by atomic mass is 32.2. The van der Waals surface area contributed by atoms with Crippen molar-refractivity contribution in [3.05, 3.63) is 24.3 Å². The van der Waals surface area contributed by atoms with Crippen LogP contribution in [-0.2, 0) is 4.74 Å². The zero-order chi connectivity index (χ0) is 14.9. The van der Waals surface area contributed by atoms with E-state index in [9.17, 15) is 5.11 Å². The molecule has 1 aliphatic heterocycles. The highest BCUT2D eigenvalue weighted by Gasteiger charge is 2.31. The van der Waals surface area contributed by atoms with Gasteiger partial charge in [-0.05, 0) is 61.4 Å². The van der Waals surface area contributed by atoms with E-state index in [1.165, 1.54) is 0 Å². The van der Waals surface area contributed by atoms with E-state index in [0.717, 1.165) is 29.4 Å². The number of nitrogens with zero attached hydrogens (tertiary/aromatic N) is 4. The number of hydrogen-bond acceptors (Lipinski definition) is 6. The smallest absolute Gasteiger partial charge is 0.214 e. The molecule has 1 fully saturated rings. The Kier molecular flexibility index (Phi) is 3.86. The summed E-state index contributed by atoms with van der Waals surface area (Å²) in [6.07, 6.45) is 2.40. The molecule has 3 rings (SSSR count). The van der Waals surface area contributed by atoms with E-state index < -0.39 is 0 Å². The van der Waals surface area contributed by atoms with E-state index >= 15 is 0 Å². The summed E-state index contributed by atoms with van der Waals surface area (Å²) < 4.78 is 7.65. The number of rotatable bonds is 4. The van der Waals surface area contributed by atoms with E-state index in [1.54, 1.807) is 40.7 Å². The largest absolute Gasteiger partial charge is 0.508 e. The maximum atomic E-state index is 9.34. The fourth-order valence-corrected chi connectivity index (χ4v) is 3.32. The van der Waals surface area contributed by atoms with Gasteiger partial charge in [0.15, 0.2) is 0 Å². The Labute approximate surface area is 127 Å². The lowest BCUT2D eigenvalue weighted by Gasteiger charge is -2.18. The van der Waals surface area contributed by atoms with Crippen LogP contribution in [0.3, 0.4) is 0 Å². The van der Waals surface area contributed by atoms with Gasteiger partial charge in [-0.3, -0.25) is 0 Å². The third-order valence-electron chi connectivity index (χ3n) is 3.49. The van der Waals surface area contributed by atoms with Crippen molar-refractivity contribution in [1.82, 2.24) is 20.2 Å². The van der Waals surface area contributed by atoms with Gasteiger partial charge >= 0.3 is 0 Å². The Morgan fingerprint density at radius 3 is 2.81 bits per heavy atom. The number of tetrazole rings is 1. The van der Waals surface area contributed by atoms with Crippen molar-refractivity contribution in [1.29, 1.82) is 0 Å². The van der Waals surface area contributed by atoms with Crippen molar-refractivity contribution in [2.75, 3.05) is 5.75 Å². The first-order valence-electron chi connectivity index (χ1n) is 6.92. The number of aromatic nitrogens is 4. The van der Waals surface area contributed by atoms with Crippen LogP contribution in [0.1, 0.15) is 26.7 Å². The summed E-state index contributed by atoms with van der Waals surface area (Å²) in [5.41, 5.74) is 0.807. The van der Waals surface area contributed by atoms with E-state index in [1.807, 2.05) is 0 Å². The second-order valence-electron chi connectivity index (χ2n) is 5.74. The quantitative estimate of drug-likeness (QED) is 0.875. The van der Waals surface area contributed by atoms with E-state index in [2.05, 4.69) is 29.4 Å². The second kappa shape index (κ2) is 5.65. The number of aromatic hydroxyl groups is 1. The molecule has 1 aromatic heterocycles. The van der Waals surface area contributed by atoms with Crippen molar-refractivity contribution in [2.24, 2.45) is 0 Å². The van der Waals surface area contributed by atoms with Gasteiger partial charge < -0.3 is 9.84 Å². The number of phenolic OH excluding ortho intramolecular Hbond substituents is 1. The van der Waals surface area contributed by atoms with Crippen molar-refractivity contribution >= 4 is 11.8 Å². The number of benzene rings is 1. The van der Waals surface area contributed by atoms with E-state index in [4.69, 9.17) is 4.74 Å². The van der Waals surface area contributed by atoms with Crippen molar-refractivity contribution in [3.8, 4) is 11.4 Å². The van der Waals surface area contributed by atoms with E-state index in [-0.39, 0.29) is 17.5 Å². The van der Waals surface area contributed by atoms with Gasteiger partial charge in [-0.15, -0.1) is 5.10 Å². The number of phenols is 1. The van der Waals surface area contributed by atoms with Crippen LogP contribution in [0.2, 0.25) is 0 Å². The molecule has 6 nitrogen and oxygen atoms in total. The van der Waals surface area contributed by atoms with Gasteiger partial charge in [0.25, 0.3) is 0 Å². The van der Waals surface area contributed by atoms with Crippen molar-refractivity contribution in [3.63, 3.8) is 0 Å². The molecule has 1 atom stereocenters. The van der Waals surface area contributed by atoms with Gasteiger partial charge in [0.05, 0.1) is 17.4 Å². The molecule has 0 spiro atoms. The standard InChI is InChI=1S/C14H18N4O2S/c1-14(2)8-7-12(20-14)9-21-13-15-16-17-18(13)10-3-5-11(19)6-4-10/h3-6,12,19H,7-9H2,1-2H3. The lowest BCUT2D eigenvalue weighted by atomic mass is 10.1. The third kappa shape index (κ3) is 3.36. The van der Waals surface area contributed by atoms with Gasteiger partial charge in [-0.1, -0.05) is 11.8 Å². The SMILES string of the molecule is CC1(C)CCC(CSc2nnnn2-c2ccc(O)cc2)O1. The van der Waals surface area contributed by atoms with Gasteiger partial charge in [-0.25, -0.2) is 0 Å². The zero-order valence-corrected chi connectivity index (χ0v) is 12.9. The summed E-state index contributed by atoms with van der Waals surface area (Å²) in [6.45, 7) is 4.25. The Hall–Kier alpha value is -1.60. The summed E-state index contributed by atoms with van der Waals surface area (Å²) in [6, 6.07) is 6.80. The van der Waals surface area contributed by atoms with Crippen molar-refractivity contribution in [2.45, 2.75) is 43.6 Å². The van der Waals surface area contributed by atoms with Crippen LogP contribution >= 0.6 is 11.8 Å². The first-order valence-corrected chi connectivity index (χ1v) is 7.90. The molecule has 1 unspecified atom stereocenters. The number of thioether (sulfide) groups is 1. The Bertz CT molecular complexity index is 612. The fourth-order valence-electron chi connectivity index (χ4n) is 2.39. The lowest BCUT2D eigenvalue weighted by molar-refractivity contribution is -0.00469. The molecule has 0 aliphatic carbocycles. The van der Waals surface area contributed by atoms with Crippen LogP contribution in [0.5, 0.6) is 5.75 Å². The molecule has 2 aromatic rings. The third-order valence-corrected chi connectivity index (χ3v) is 4.54. The highest BCUT2D eigenvalue weighted by molar-refractivity contribution is 7.99. The molecule has 21 heavy (non-hydrogen) atoms. The average Bonchev–Trinajstić information content (AvgIpc) is 3.03. The summed E-state index contributed by atoms with van der Waals surface area (Å²) in [5, 5.41) is 21.9. The predicted octanol–water partition coefficient (Wildman–Crippen LogP) is 2.42. The molecule has 0 amide bonds. The first kappa shape index (κ1) is 14.3. The summed E-state index contributed by atoms with van der Waals surface area (Å²) >= 11 is 1.59. The number of hydrogen-bond donors (Lipinski definition) is 1. The molecule has 0 bridgehead atoms. The van der Waals surface area contributed by atoms with Gasteiger partial charge in [0.2, 0.25) is 5.16 Å². The molecule has 1 aromatic carbocycles. The van der Waals surface area contributed by atoms with Crippen LogP contribution in [0, 0.1) is 0 Å². The molecule has 1 saturated heterocycles. The summed E-state index contributed by atoms with van der Waals surface area (Å²) in [4.78, 5) is 0. The van der Waals surface area contributed by atoms with Gasteiger partial charge in [0, 0.05) is 5.75 Å². The molecule has 1 aliphatic rings. The van der Waals surface area contributed by atoms with Gasteiger partial charge in [0.1, 0.15) is 5.75 Å². The van der Waals surface area contributed by atoms with Crippen LogP contribution in [0.15, 0.2) is 29.4 Å². The Morgan fingerprint density at radius 1 is 1.38 bits per heavy atom. The minimum atomic E-state index is -0.0197. The van der Waals surface area contributed by atoms with Crippen LogP contribution in [0.25, 0.3) is 5.69 Å². The van der Waals surface area contributed by atoms with Gasteiger partial charge in [-0.2, -0.15) is 4.68 Å². The van der Waals surface area contributed by atoms with Crippen LogP contribution in [0.4, 0.5) is 0 Å². The van der Waals surface area contributed by atoms with E-state index in [0.29, 0.717) is 0 Å². The second-order valence-corrected chi connectivity index (χ2v) is 6.73. The molecular weight excluding hydrogens is 288 g/mol. The lowest BCUT2D eigenvalue weighted by Crippen LogP contribution is -2.21. The highest BCUT2D eigenvalue weighted by Crippen LogP contribution is 2.32.